The van der Waals surface area contributed by atoms with Crippen molar-refractivity contribution >= 4 is 5.91 Å². The number of likely N-dealkylation sites (tertiary alicyclic amines) is 1. The van der Waals surface area contributed by atoms with Gasteiger partial charge in [0.25, 0.3) is 0 Å². The lowest BCUT2D eigenvalue weighted by atomic mass is 9.74. The Labute approximate surface area is 199 Å². The molecule has 2 aromatic heterocycles. The molecule has 0 atom stereocenters. The number of nitrogens with one attached hydrogen (secondary N) is 1. The molecule has 5 heterocycles. The molecule has 1 saturated heterocycles. The normalized spacial score (nSPS) is 19.5. The first-order chi connectivity index (χ1) is 16.6. The van der Waals surface area contributed by atoms with Crippen molar-refractivity contribution in [3.05, 3.63) is 59.6 Å². The monoisotopic (exact) mass is 464 g/mol. The molecular formula is C25H32N6O3. The van der Waals surface area contributed by atoms with E-state index in [1.54, 1.807) is 6.26 Å². The van der Waals surface area contributed by atoms with Gasteiger partial charge in [0, 0.05) is 45.6 Å². The van der Waals surface area contributed by atoms with Gasteiger partial charge < -0.3 is 14.5 Å². The van der Waals surface area contributed by atoms with Crippen molar-refractivity contribution in [1.29, 1.82) is 0 Å². The molecule has 3 aliphatic rings. The van der Waals surface area contributed by atoms with Crippen molar-refractivity contribution in [2.45, 2.75) is 52.1 Å². The molecule has 0 radical (unpaired) electrons. The molecule has 3 aliphatic heterocycles. The highest BCUT2D eigenvalue weighted by Crippen LogP contribution is 2.36. The summed E-state index contributed by atoms with van der Waals surface area (Å²) >= 11 is 0. The SMILES string of the molecule is Cc1nc(CN2CCC3(CC2)Cc2cn(nn2)CCCOc2ccc(cc2)CCNC3=O)co1. The molecule has 1 N–H and O–H groups in total. The molecule has 9 heteroatoms. The fourth-order valence-electron chi connectivity index (χ4n) is 4.89. The Morgan fingerprint density at radius 3 is 2.74 bits per heavy atom. The standard InChI is InChI=1S/C25H32N6O3/c1-19-27-22(18-34-19)16-30-12-8-25(9-13-30)15-21-17-31(29-28-21)11-2-14-33-23-5-3-20(4-6-23)7-10-26-24(25)32/h3-6,17-18H,2,7-16H2,1H3,(H,26,32). The predicted molar refractivity (Wildman–Crippen MR) is 125 cm³/mol. The van der Waals surface area contributed by atoms with Crippen molar-refractivity contribution in [3.8, 4) is 5.75 Å². The molecule has 3 aromatic rings. The van der Waals surface area contributed by atoms with E-state index >= 15 is 0 Å². The summed E-state index contributed by atoms with van der Waals surface area (Å²) in [5, 5.41) is 11.9. The quantitative estimate of drug-likeness (QED) is 0.622. The lowest BCUT2D eigenvalue weighted by Gasteiger charge is -2.40. The summed E-state index contributed by atoms with van der Waals surface area (Å²) in [6.45, 7) is 6.21. The van der Waals surface area contributed by atoms with Gasteiger partial charge in [0.2, 0.25) is 5.91 Å². The maximum Gasteiger partial charge on any atom is 0.226 e. The number of amides is 1. The summed E-state index contributed by atoms with van der Waals surface area (Å²) in [5.74, 6) is 1.66. The van der Waals surface area contributed by atoms with Crippen LogP contribution >= 0.6 is 0 Å². The maximum atomic E-state index is 13.5. The van der Waals surface area contributed by atoms with Crippen molar-refractivity contribution in [2.24, 2.45) is 5.41 Å². The largest absolute Gasteiger partial charge is 0.494 e. The number of benzene rings is 1. The average Bonchev–Trinajstić information content (AvgIpc) is 3.46. The first-order valence-electron chi connectivity index (χ1n) is 12.1. The fourth-order valence-corrected chi connectivity index (χ4v) is 4.89. The van der Waals surface area contributed by atoms with Gasteiger partial charge in [-0.05, 0) is 50.0 Å². The van der Waals surface area contributed by atoms with E-state index in [-0.39, 0.29) is 5.91 Å². The fraction of sp³-hybridized carbons (Fsp3) is 0.520. The summed E-state index contributed by atoms with van der Waals surface area (Å²) in [7, 11) is 0. The van der Waals surface area contributed by atoms with Crippen LogP contribution in [0.3, 0.4) is 0 Å². The van der Waals surface area contributed by atoms with Crippen LogP contribution in [-0.2, 0) is 30.7 Å². The number of carbonyl (C=O) groups excluding carboxylic acids is 1. The molecule has 34 heavy (non-hydrogen) atoms. The van der Waals surface area contributed by atoms with Gasteiger partial charge in [-0.2, -0.15) is 0 Å². The van der Waals surface area contributed by atoms with Crippen LogP contribution < -0.4 is 10.1 Å². The first-order valence-corrected chi connectivity index (χ1v) is 12.1. The molecule has 180 valence electrons. The summed E-state index contributed by atoms with van der Waals surface area (Å²) < 4.78 is 13.1. The number of hydrogen-bond acceptors (Lipinski definition) is 7. The highest BCUT2D eigenvalue weighted by molar-refractivity contribution is 5.83. The average molecular weight is 465 g/mol. The molecule has 0 aliphatic carbocycles. The first kappa shape index (κ1) is 22.6. The minimum atomic E-state index is -0.488. The van der Waals surface area contributed by atoms with E-state index < -0.39 is 5.41 Å². The van der Waals surface area contributed by atoms with E-state index in [2.05, 4.69) is 37.6 Å². The van der Waals surface area contributed by atoms with Gasteiger partial charge in [-0.3, -0.25) is 14.4 Å². The molecule has 6 rings (SSSR count). The van der Waals surface area contributed by atoms with Gasteiger partial charge >= 0.3 is 0 Å². The van der Waals surface area contributed by atoms with Crippen molar-refractivity contribution in [1.82, 2.24) is 30.2 Å². The highest BCUT2D eigenvalue weighted by Gasteiger charge is 2.42. The van der Waals surface area contributed by atoms with Crippen LogP contribution in [-0.4, -0.2) is 57.0 Å². The Morgan fingerprint density at radius 1 is 1.15 bits per heavy atom. The van der Waals surface area contributed by atoms with Crippen molar-refractivity contribution in [3.63, 3.8) is 0 Å². The molecule has 1 fully saturated rings. The number of piperidine rings is 1. The van der Waals surface area contributed by atoms with Gasteiger partial charge in [0.05, 0.1) is 23.4 Å². The highest BCUT2D eigenvalue weighted by atomic mass is 16.5. The number of oxazole rings is 1. The van der Waals surface area contributed by atoms with Crippen LogP contribution in [0.2, 0.25) is 0 Å². The lowest BCUT2D eigenvalue weighted by molar-refractivity contribution is -0.134. The summed E-state index contributed by atoms with van der Waals surface area (Å²) in [6, 6.07) is 8.14. The van der Waals surface area contributed by atoms with Crippen LogP contribution in [0.1, 0.15) is 42.1 Å². The van der Waals surface area contributed by atoms with Gasteiger partial charge in [-0.15, -0.1) is 5.10 Å². The van der Waals surface area contributed by atoms with Crippen LogP contribution in [0.5, 0.6) is 5.75 Å². The zero-order chi connectivity index (χ0) is 23.4. The molecule has 1 amide bonds. The van der Waals surface area contributed by atoms with Gasteiger partial charge in [0.1, 0.15) is 12.0 Å². The molecule has 0 saturated carbocycles. The number of aromatic nitrogens is 4. The minimum absolute atomic E-state index is 0.114. The van der Waals surface area contributed by atoms with E-state index in [4.69, 9.17) is 9.15 Å². The minimum Gasteiger partial charge on any atom is -0.494 e. The van der Waals surface area contributed by atoms with Crippen LogP contribution in [0, 0.1) is 12.3 Å². The molecule has 1 spiro atoms. The maximum absolute atomic E-state index is 13.5. The predicted octanol–water partition coefficient (Wildman–Crippen LogP) is 2.54. The number of hydrogen-bond donors (Lipinski definition) is 1. The summed E-state index contributed by atoms with van der Waals surface area (Å²) in [4.78, 5) is 20.3. The van der Waals surface area contributed by atoms with E-state index in [1.807, 2.05) is 29.9 Å². The molecular weight excluding hydrogens is 432 g/mol. The van der Waals surface area contributed by atoms with E-state index in [1.165, 1.54) is 5.56 Å². The Hall–Kier alpha value is -3.20. The number of fused-ring (bicyclic) bond motifs is 8. The number of aryl methyl sites for hydroxylation is 2. The van der Waals surface area contributed by atoms with E-state index in [0.29, 0.717) is 25.5 Å². The van der Waals surface area contributed by atoms with Crippen molar-refractivity contribution < 1.29 is 13.9 Å². The smallest absolute Gasteiger partial charge is 0.226 e. The second-order valence-electron chi connectivity index (χ2n) is 9.42. The topological polar surface area (TPSA) is 98.3 Å². The second-order valence-corrected chi connectivity index (χ2v) is 9.42. The van der Waals surface area contributed by atoms with Gasteiger partial charge in [0.15, 0.2) is 5.89 Å². The van der Waals surface area contributed by atoms with Crippen LogP contribution in [0.25, 0.3) is 0 Å². The Balaban J connectivity index is 1.31. The van der Waals surface area contributed by atoms with Crippen molar-refractivity contribution in [2.75, 3.05) is 26.2 Å². The number of carbonyl (C=O) groups is 1. The van der Waals surface area contributed by atoms with E-state index in [0.717, 1.165) is 69.0 Å². The number of nitrogens with zero attached hydrogens (tertiary/aromatic N) is 5. The van der Waals surface area contributed by atoms with Gasteiger partial charge in [-0.25, -0.2) is 4.98 Å². The molecule has 9 nitrogen and oxygen atoms in total. The zero-order valence-electron chi connectivity index (χ0n) is 19.7. The third-order valence-corrected chi connectivity index (χ3v) is 6.88. The lowest BCUT2D eigenvalue weighted by Crippen LogP contribution is -2.50. The van der Waals surface area contributed by atoms with Gasteiger partial charge in [-0.1, -0.05) is 17.3 Å². The third-order valence-electron chi connectivity index (χ3n) is 6.88. The molecule has 4 bridgehead atoms. The summed E-state index contributed by atoms with van der Waals surface area (Å²) in [5.41, 5.74) is 2.50. The Bertz CT molecular complexity index is 1100. The molecule has 1 aromatic carbocycles. The second kappa shape index (κ2) is 9.97. The van der Waals surface area contributed by atoms with Crippen LogP contribution in [0.4, 0.5) is 0 Å². The Kier molecular flexibility index (Phi) is 6.62. The summed E-state index contributed by atoms with van der Waals surface area (Å²) in [6.07, 6.45) is 7.46. The van der Waals surface area contributed by atoms with E-state index in [9.17, 15) is 4.79 Å². The third kappa shape index (κ3) is 5.30. The zero-order valence-corrected chi connectivity index (χ0v) is 19.7. The van der Waals surface area contributed by atoms with Crippen LogP contribution in [0.15, 0.2) is 41.1 Å². The molecule has 0 unspecified atom stereocenters. The Morgan fingerprint density at radius 2 is 1.97 bits per heavy atom. The number of rotatable bonds is 2. The number of ether oxygens (including phenoxy) is 1.